The lowest BCUT2D eigenvalue weighted by atomic mass is 10.1. The topological polar surface area (TPSA) is 68.4 Å². The zero-order valence-electron chi connectivity index (χ0n) is 16.1. The molecule has 2 heterocycles. The number of aryl methyl sites for hydroxylation is 1. The average molecular weight is 374 g/mol. The van der Waals surface area contributed by atoms with Crippen LogP contribution < -0.4 is 10.9 Å². The van der Waals surface area contributed by atoms with Gasteiger partial charge in [-0.05, 0) is 38.5 Å². The van der Waals surface area contributed by atoms with Crippen LogP contribution in [0.4, 0.5) is 0 Å². The van der Waals surface area contributed by atoms with Crippen molar-refractivity contribution in [3.8, 4) is 0 Å². The van der Waals surface area contributed by atoms with Crippen LogP contribution in [0.25, 0.3) is 16.6 Å². The highest BCUT2D eigenvalue weighted by Gasteiger charge is 2.23. The molecule has 0 aliphatic carbocycles. The van der Waals surface area contributed by atoms with Crippen LogP contribution >= 0.6 is 0 Å². The zero-order chi connectivity index (χ0) is 19.8. The maximum absolute atomic E-state index is 13.1. The number of nitrogens with zero attached hydrogens (tertiary/aromatic N) is 3. The fraction of sp³-hybridized carbons (Fsp3) is 0.227. The predicted octanol–water partition coefficient (Wildman–Crippen LogP) is 3.40. The Morgan fingerprint density at radius 3 is 2.46 bits per heavy atom. The summed E-state index contributed by atoms with van der Waals surface area (Å²) in [5, 5.41) is 3.94. The minimum Gasteiger partial charge on any atom is -0.348 e. The normalized spacial score (nSPS) is 13.5. The second-order valence-electron chi connectivity index (χ2n) is 7.05. The summed E-state index contributed by atoms with van der Waals surface area (Å²) in [5.74, 6) is -0.0999. The van der Waals surface area contributed by atoms with Crippen molar-refractivity contribution in [2.45, 2.75) is 32.9 Å². The third-order valence-corrected chi connectivity index (χ3v) is 5.10. The predicted molar refractivity (Wildman–Crippen MR) is 109 cm³/mol. The van der Waals surface area contributed by atoms with Crippen molar-refractivity contribution in [1.29, 1.82) is 0 Å². The molecule has 6 nitrogen and oxygen atoms in total. The van der Waals surface area contributed by atoms with Crippen LogP contribution in [0, 0.1) is 6.92 Å². The van der Waals surface area contributed by atoms with E-state index < -0.39 is 6.04 Å². The van der Waals surface area contributed by atoms with Crippen molar-refractivity contribution in [3.05, 3.63) is 82.3 Å². The largest absolute Gasteiger partial charge is 0.348 e. The number of hydrogen-bond donors (Lipinski definition) is 1. The lowest BCUT2D eigenvalue weighted by molar-refractivity contribution is -0.124. The summed E-state index contributed by atoms with van der Waals surface area (Å²) in [6.07, 6.45) is 0. The highest BCUT2D eigenvalue weighted by molar-refractivity contribution is 5.94. The number of para-hydroxylation sites is 1. The Hall–Kier alpha value is -3.41. The van der Waals surface area contributed by atoms with E-state index in [1.54, 1.807) is 0 Å². The summed E-state index contributed by atoms with van der Waals surface area (Å²) in [5.41, 5.74) is 2.93. The molecule has 0 aliphatic rings. The van der Waals surface area contributed by atoms with E-state index >= 15 is 0 Å². The highest BCUT2D eigenvalue weighted by atomic mass is 16.2. The van der Waals surface area contributed by atoms with Gasteiger partial charge in [0, 0.05) is 17.1 Å². The van der Waals surface area contributed by atoms with Crippen LogP contribution in [-0.2, 0) is 4.79 Å². The van der Waals surface area contributed by atoms with E-state index in [1.165, 1.54) is 6.07 Å². The van der Waals surface area contributed by atoms with Gasteiger partial charge in [-0.3, -0.25) is 14.3 Å². The molecule has 142 valence electrons. The SMILES string of the molecule is Cc1cc(=O)nc2c3ccccc3n([C@H](C)C(=O)N[C@H](C)c3ccccc3)n12. The maximum Gasteiger partial charge on any atom is 0.273 e. The standard InChI is InChI=1S/C22H22N4O2/c1-14-13-20(27)24-21-18-11-7-8-12-19(18)26(25(14)21)16(3)22(28)23-15(2)17-9-5-4-6-10-17/h4-13,15-16H,1-3H3,(H,23,28)/t15-,16-/m1/s1. The van der Waals surface area contributed by atoms with Crippen molar-refractivity contribution in [2.75, 3.05) is 0 Å². The number of carbonyl (C=O) groups is 1. The Morgan fingerprint density at radius 2 is 1.71 bits per heavy atom. The molecule has 4 rings (SSSR count). The molecular formula is C22H22N4O2. The third-order valence-electron chi connectivity index (χ3n) is 5.10. The molecule has 28 heavy (non-hydrogen) atoms. The summed E-state index contributed by atoms with van der Waals surface area (Å²) < 4.78 is 3.75. The second kappa shape index (κ2) is 6.96. The molecule has 0 saturated heterocycles. The van der Waals surface area contributed by atoms with Crippen LogP contribution in [0.3, 0.4) is 0 Å². The number of hydrogen-bond acceptors (Lipinski definition) is 3. The van der Waals surface area contributed by atoms with E-state index in [1.807, 2.05) is 84.6 Å². The molecule has 1 amide bonds. The Morgan fingerprint density at radius 1 is 1.04 bits per heavy atom. The molecule has 0 bridgehead atoms. The number of nitrogens with one attached hydrogen (secondary N) is 1. The van der Waals surface area contributed by atoms with Gasteiger partial charge in [0.2, 0.25) is 5.91 Å². The fourth-order valence-corrected chi connectivity index (χ4v) is 3.66. The molecule has 0 spiro atoms. The van der Waals surface area contributed by atoms with Gasteiger partial charge in [-0.2, -0.15) is 4.98 Å². The maximum atomic E-state index is 13.1. The minimum atomic E-state index is -0.489. The summed E-state index contributed by atoms with van der Waals surface area (Å²) in [4.78, 5) is 29.2. The average Bonchev–Trinajstić information content (AvgIpc) is 3.02. The molecule has 2 aromatic carbocycles. The quantitative estimate of drug-likeness (QED) is 0.595. The Labute approximate surface area is 162 Å². The first-order valence-electron chi connectivity index (χ1n) is 9.32. The number of carbonyl (C=O) groups excluding carboxylic acids is 1. The van der Waals surface area contributed by atoms with Crippen LogP contribution in [0.15, 0.2) is 65.5 Å². The van der Waals surface area contributed by atoms with Gasteiger partial charge in [0.1, 0.15) is 6.04 Å². The van der Waals surface area contributed by atoms with Crippen LogP contribution in [0.5, 0.6) is 0 Å². The molecule has 2 aromatic heterocycles. The molecule has 0 saturated carbocycles. The number of aromatic nitrogens is 3. The van der Waals surface area contributed by atoms with Crippen molar-refractivity contribution in [2.24, 2.45) is 0 Å². The number of rotatable bonds is 4. The Kier molecular flexibility index (Phi) is 4.47. The Balaban J connectivity index is 1.79. The first kappa shape index (κ1) is 18.0. The first-order valence-corrected chi connectivity index (χ1v) is 9.32. The molecule has 6 heteroatoms. The zero-order valence-corrected chi connectivity index (χ0v) is 16.1. The Bertz CT molecular complexity index is 1220. The van der Waals surface area contributed by atoms with Crippen molar-refractivity contribution < 1.29 is 4.79 Å². The van der Waals surface area contributed by atoms with Gasteiger partial charge < -0.3 is 5.32 Å². The van der Waals surface area contributed by atoms with E-state index in [-0.39, 0.29) is 17.5 Å². The van der Waals surface area contributed by atoms with Gasteiger partial charge in [0.05, 0.1) is 11.6 Å². The minimum absolute atomic E-state index is 0.0999. The lowest BCUT2D eigenvalue weighted by Crippen LogP contribution is -2.34. The van der Waals surface area contributed by atoms with Gasteiger partial charge >= 0.3 is 0 Å². The highest BCUT2D eigenvalue weighted by Crippen LogP contribution is 2.25. The molecule has 0 radical (unpaired) electrons. The molecule has 0 fully saturated rings. The van der Waals surface area contributed by atoms with Gasteiger partial charge in [0.25, 0.3) is 5.56 Å². The number of amides is 1. The molecule has 2 atom stereocenters. The monoisotopic (exact) mass is 374 g/mol. The van der Waals surface area contributed by atoms with Gasteiger partial charge in [0.15, 0.2) is 5.65 Å². The number of fused-ring (bicyclic) bond motifs is 3. The fourth-order valence-electron chi connectivity index (χ4n) is 3.66. The summed E-state index contributed by atoms with van der Waals surface area (Å²) in [6.45, 7) is 5.68. The molecule has 0 aliphatic heterocycles. The summed E-state index contributed by atoms with van der Waals surface area (Å²) in [6, 6.07) is 18.4. The first-order chi connectivity index (χ1) is 13.5. The summed E-state index contributed by atoms with van der Waals surface area (Å²) >= 11 is 0. The van der Waals surface area contributed by atoms with Crippen LogP contribution in [0.2, 0.25) is 0 Å². The van der Waals surface area contributed by atoms with E-state index in [4.69, 9.17) is 0 Å². The molecule has 1 N–H and O–H groups in total. The van der Waals surface area contributed by atoms with Gasteiger partial charge in [-0.15, -0.1) is 0 Å². The third kappa shape index (κ3) is 2.97. The van der Waals surface area contributed by atoms with E-state index in [2.05, 4.69) is 10.3 Å². The molecular weight excluding hydrogens is 352 g/mol. The van der Waals surface area contributed by atoms with Crippen molar-refractivity contribution in [3.63, 3.8) is 0 Å². The number of benzene rings is 2. The lowest BCUT2D eigenvalue weighted by Gasteiger charge is -2.21. The van der Waals surface area contributed by atoms with Crippen LogP contribution in [-0.4, -0.2) is 20.1 Å². The van der Waals surface area contributed by atoms with Gasteiger partial charge in [-0.25, -0.2) is 4.52 Å². The second-order valence-corrected chi connectivity index (χ2v) is 7.05. The van der Waals surface area contributed by atoms with Gasteiger partial charge in [-0.1, -0.05) is 42.5 Å². The molecule has 0 unspecified atom stereocenters. The van der Waals surface area contributed by atoms with E-state index in [0.29, 0.717) is 5.65 Å². The van der Waals surface area contributed by atoms with Crippen LogP contribution in [0.1, 0.15) is 37.2 Å². The van der Waals surface area contributed by atoms with E-state index in [0.717, 1.165) is 22.2 Å². The van der Waals surface area contributed by atoms with Crippen molar-refractivity contribution in [1.82, 2.24) is 19.5 Å². The summed E-state index contributed by atoms with van der Waals surface area (Å²) in [7, 11) is 0. The van der Waals surface area contributed by atoms with Crippen molar-refractivity contribution >= 4 is 22.5 Å². The molecule has 4 aromatic rings. The smallest absolute Gasteiger partial charge is 0.273 e. The van der Waals surface area contributed by atoms with E-state index in [9.17, 15) is 9.59 Å².